The number of carboxylic acids is 1. The number of anilines is 2. The number of thiazole rings is 1. The molecule has 21 heavy (non-hydrogen) atoms. The van der Waals surface area contributed by atoms with Crippen LogP contribution in [0.4, 0.5) is 17.3 Å². The third-order valence-corrected chi connectivity index (χ3v) is 3.54. The first-order valence-corrected chi connectivity index (χ1v) is 6.64. The fraction of sp³-hybridized carbons (Fsp3) is 0. The molecule has 0 unspecified atom stereocenters. The smallest absolute Gasteiger partial charge is 0.373 e. The average Bonchev–Trinajstić information content (AvgIpc) is 2.98. The number of imidazole rings is 1. The molecule has 0 saturated heterocycles. The molecule has 2 heterocycles. The lowest BCUT2D eigenvalue weighted by molar-refractivity contribution is -0.389. The van der Waals surface area contributed by atoms with E-state index in [-0.39, 0.29) is 17.2 Å². The Labute approximate surface area is 121 Å². The summed E-state index contributed by atoms with van der Waals surface area (Å²) in [5, 5.41) is 24.6. The molecule has 0 atom stereocenters. The van der Waals surface area contributed by atoms with Crippen molar-refractivity contribution in [2.45, 2.75) is 0 Å². The molecular formula is C12H8N4O4S. The van der Waals surface area contributed by atoms with Crippen molar-refractivity contribution in [3.63, 3.8) is 0 Å². The number of benzene rings is 1. The Morgan fingerprint density at radius 2 is 2.29 bits per heavy atom. The molecule has 8 nitrogen and oxygen atoms in total. The number of nitro groups is 1. The van der Waals surface area contributed by atoms with Crippen LogP contribution in [-0.4, -0.2) is 25.4 Å². The van der Waals surface area contributed by atoms with Crippen LogP contribution in [0.2, 0.25) is 0 Å². The van der Waals surface area contributed by atoms with Crippen LogP contribution in [0, 0.1) is 10.1 Å². The zero-order valence-electron chi connectivity index (χ0n) is 10.4. The summed E-state index contributed by atoms with van der Waals surface area (Å²) in [5.41, 5.74) is 0.507. The van der Waals surface area contributed by atoms with Crippen molar-refractivity contribution in [3.05, 3.63) is 51.5 Å². The highest BCUT2D eigenvalue weighted by atomic mass is 32.1. The maximum absolute atomic E-state index is 11.2. The van der Waals surface area contributed by atoms with Gasteiger partial charge in [0.1, 0.15) is 6.20 Å². The molecule has 0 fully saturated rings. The van der Waals surface area contributed by atoms with E-state index in [9.17, 15) is 14.9 Å². The molecule has 0 amide bonds. The Kier molecular flexibility index (Phi) is 3.03. The second kappa shape index (κ2) is 4.87. The van der Waals surface area contributed by atoms with E-state index in [0.717, 1.165) is 0 Å². The van der Waals surface area contributed by atoms with Crippen molar-refractivity contribution in [1.29, 1.82) is 0 Å². The van der Waals surface area contributed by atoms with Gasteiger partial charge in [0.25, 0.3) is 4.96 Å². The summed E-state index contributed by atoms with van der Waals surface area (Å²) in [4.78, 5) is 26.2. The molecular weight excluding hydrogens is 296 g/mol. The number of rotatable bonds is 4. The molecule has 1 aromatic carbocycles. The minimum atomic E-state index is -1.07. The summed E-state index contributed by atoms with van der Waals surface area (Å²) in [6, 6.07) is 5.99. The van der Waals surface area contributed by atoms with Gasteiger partial charge < -0.3 is 20.5 Å². The lowest BCUT2D eigenvalue weighted by Crippen LogP contribution is -2.00. The number of carbonyl (C=O) groups is 1. The number of hydrogen-bond acceptors (Lipinski definition) is 6. The van der Waals surface area contributed by atoms with E-state index in [1.807, 2.05) is 0 Å². The Hall–Kier alpha value is -2.94. The van der Waals surface area contributed by atoms with Crippen LogP contribution in [0.15, 0.2) is 35.8 Å². The fourth-order valence-corrected chi connectivity index (χ4v) is 2.61. The van der Waals surface area contributed by atoms with E-state index >= 15 is 0 Å². The van der Waals surface area contributed by atoms with Gasteiger partial charge in [0.15, 0.2) is 0 Å². The predicted molar refractivity (Wildman–Crippen MR) is 76.4 cm³/mol. The summed E-state index contributed by atoms with van der Waals surface area (Å²) in [7, 11) is 0. The number of nitrogens with zero attached hydrogens (tertiary/aromatic N) is 3. The Balaban J connectivity index is 2.03. The number of hydrogen-bond donors (Lipinski definition) is 2. The van der Waals surface area contributed by atoms with Gasteiger partial charge in [-0.3, -0.25) is 0 Å². The molecule has 0 radical (unpaired) electrons. The normalized spacial score (nSPS) is 10.7. The molecule has 0 aliphatic heterocycles. The molecule has 0 aliphatic rings. The number of nitrogens with one attached hydrogen (secondary N) is 1. The van der Waals surface area contributed by atoms with Gasteiger partial charge in [-0.15, -0.1) is 0 Å². The first kappa shape index (κ1) is 13.1. The number of fused-ring (bicyclic) bond motifs is 1. The van der Waals surface area contributed by atoms with E-state index in [2.05, 4.69) is 10.3 Å². The van der Waals surface area contributed by atoms with Crippen molar-refractivity contribution < 1.29 is 14.8 Å². The van der Waals surface area contributed by atoms with Gasteiger partial charge in [0, 0.05) is 11.1 Å². The quantitative estimate of drug-likeness (QED) is 0.566. The summed E-state index contributed by atoms with van der Waals surface area (Å²) >= 11 is 1.27. The zero-order chi connectivity index (χ0) is 15.0. The van der Waals surface area contributed by atoms with Crippen LogP contribution in [-0.2, 0) is 0 Å². The predicted octanol–water partition coefficient (Wildman–Crippen LogP) is 2.75. The summed E-state index contributed by atoms with van der Waals surface area (Å²) in [6.45, 7) is 0. The van der Waals surface area contributed by atoms with Crippen molar-refractivity contribution in [3.8, 4) is 0 Å². The lowest BCUT2D eigenvalue weighted by atomic mass is 10.2. The third-order valence-electron chi connectivity index (χ3n) is 2.78. The molecule has 3 aromatic rings. The Morgan fingerprint density at radius 1 is 1.48 bits per heavy atom. The van der Waals surface area contributed by atoms with Gasteiger partial charge in [0.2, 0.25) is 5.82 Å². The van der Waals surface area contributed by atoms with Crippen LogP contribution < -0.4 is 5.32 Å². The maximum Gasteiger partial charge on any atom is 0.373 e. The van der Waals surface area contributed by atoms with Crippen molar-refractivity contribution >= 4 is 39.6 Å². The average molecular weight is 304 g/mol. The molecule has 0 spiro atoms. The van der Waals surface area contributed by atoms with Crippen LogP contribution in [0.5, 0.6) is 0 Å². The van der Waals surface area contributed by atoms with Gasteiger partial charge in [-0.25, -0.2) is 4.79 Å². The van der Waals surface area contributed by atoms with Gasteiger partial charge >= 0.3 is 11.8 Å². The Morgan fingerprint density at radius 3 is 3.00 bits per heavy atom. The van der Waals surface area contributed by atoms with Gasteiger partial charge in [0.05, 0.1) is 5.56 Å². The summed E-state index contributed by atoms with van der Waals surface area (Å²) in [5.74, 6) is -1.18. The van der Waals surface area contributed by atoms with Crippen LogP contribution in [0.1, 0.15) is 10.4 Å². The van der Waals surface area contributed by atoms with E-state index < -0.39 is 10.9 Å². The molecule has 0 saturated carbocycles. The molecule has 0 aliphatic carbocycles. The van der Waals surface area contributed by atoms with Crippen LogP contribution in [0.25, 0.3) is 4.96 Å². The number of carboxylic acid groups (broad SMARTS) is 1. The van der Waals surface area contributed by atoms with Crippen molar-refractivity contribution in [1.82, 2.24) is 9.38 Å². The van der Waals surface area contributed by atoms with E-state index in [1.54, 1.807) is 23.7 Å². The van der Waals surface area contributed by atoms with Crippen LogP contribution >= 0.6 is 11.3 Å². The molecule has 106 valence electrons. The number of aromatic nitrogens is 2. The molecule has 9 heteroatoms. The minimum absolute atomic E-state index is 0.0781. The lowest BCUT2D eigenvalue weighted by Gasteiger charge is -2.04. The summed E-state index contributed by atoms with van der Waals surface area (Å²) < 4.78 is 1.37. The number of aromatic carboxylic acids is 1. The fourth-order valence-electron chi connectivity index (χ4n) is 1.90. The maximum atomic E-state index is 11.2. The highest BCUT2D eigenvalue weighted by molar-refractivity contribution is 7.15. The topological polar surface area (TPSA) is 110 Å². The van der Waals surface area contributed by atoms with Gasteiger partial charge in [-0.1, -0.05) is 17.4 Å². The van der Waals surface area contributed by atoms with Gasteiger partial charge in [-0.05, 0) is 23.1 Å². The molecule has 0 bridgehead atoms. The second-order valence-electron chi connectivity index (χ2n) is 4.11. The first-order valence-electron chi connectivity index (χ1n) is 5.76. The Bertz CT molecular complexity index is 854. The van der Waals surface area contributed by atoms with Crippen molar-refractivity contribution in [2.24, 2.45) is 0 Å². The van der Waals surface area contributed by atoms with E-state index in [1.165, 1.54) is 27.9 Å². The highest BCUT2D eigenvalue weighted by Crippen LogP contribution is 2.30. The first-order chi connectivity index (χ1) is 10.1. The largest absolute Gasteiger partial charge is 0.478 e. The van der Waals surface area contributed by atoms with E-state index in [0.29, 0.717) is 10.6 Å². The SMILES string of the molecule is O=C(O)c1cccc(Nc2nc3sccn3c2[N+](=O)[O-])c1. The minimum Gasteiger partial charge on any atom is -0.478 e. The molecule has 3 rings (SSSR count). The standard InChI is InChI=1S/C12H8N4O4S/c17-11(18)7-2-1-3-8(6-7)13-9-10(16(19)20)15-4-5-21-12(15)14-9/h1-6,13H,(H,17,18). The molecule has 2 aromatic heterocycles. The third kappa shape index (κ3) is 2.30. The monoisotopic (exact) mass is 304 g/mol. The summed E-state index contributed by atoms with van der Waals surface area (Å²) in [6.07, 6.45) is 1.56. The highest BCUT2D eigenvalue weighted by Gasteiger charge is 2.23. The van der Waals surface area contributed by atoms with Gasteiger partial charge in [-0.2, -0.15) is 9.38 Å². The molecule has 2 N–H and O–H groups in total. The van der Waals surface area contributed by atoms with E-state index in [4.69, 9.17) is 5.11 Å². The van der Waals surface area contributed by atoms with Crippen LogP contribution in [0.3, 0.4) is 0 Å². The zero-order valence-corrected chi connectivity index (χ0v) is 11.2. The van der Waals surface area contributed by atoms with Crippen molar-refractivity contribution in [2.75, 3.05) is 5.32 Å². The second-order valence-corrected chi connectivity index (χ2v) is 4.98.